The predicted octanol–water partition coefficient (Wildman–Crippen LogP) is 2.92. The van der Waals surface area contributed by atoms with Crippen molar-refractivity contribution in [2.75, 3.05) is 20.2 Å². The second-order valence-corrected chi connectivity index (χ2v) is 7.76. The van der Waals surface area contributed by atoms with Crippen LogP contribution in [0.1, 0.15) is 20.3 Å². The Morgan fingerprint density at radius 2 is 1.39 bits per heavy atom. The molecule has 1 aromatic rings. The van der Waals surface area contributed by atoms with Crippen molar-refractivity contribution in [3.05, 3.63) is 23.3 Å². The average molecular weight is 355 g/mol. The van der Waals surface area contributed by atoms with Crippen molar-refractivity contribution in [2.24, 2.45) is 11.8 Å². The zero-order chi connectivity index (χ0) is 17.5. The second-order valence-electron chi connectivity index (χ2n) is 5.89. The SMILES string of the molecule is COc1c(F)c(F)c(S(=O)(=O)N2CC(C)CC(C)C2)c(F)c1F. The van der Waals surface area contributed by atoms with Crippen LogP contribution in [0.5, 0.6) is 5.75 Å². The third-order valence-electron chi connectivity index (χ3n) is 3.82. The summed E-state index contributed by atoms with van der Waals surface area (Å²) in [6.07, 6.45) is 0.752. The van der Waals surface area contributed by atoms with E-state index in [0.717, 1.165) is 17.8 Å². The number of methoxy groups -OCH3 is 1. The van der Waals surface area contributed by atoms with Gasteiger partial charge in [-0.1, -0.05) is 13.8 Å². The molecule has 1 heterocycles. The summed E-state index contributed by atoms with van der Waals surface area (Å²) in [6.45, 7) is 3.64. The summed E-state index contributed by atoms with van der Waals surface area (Å²) in [5.74, 6) is -9.07. The average Bonchev–Trinajstić information content (AvgIpc) is 2.45. The second kappa shape index (κ2) is 6.27. The predicted molar refractivity (Wildman–Crippen MR) is 74.5 cm³/mol. The number of halogens is 4. The van der Waals surface area contributed by atoms with Crippen molar-refractivity contribution in [2.45, 2.75) is 25.2 Å². The van der Waals surface area contributed by atoms with Crippen LogP contribution in [0.15, 0.2) is 4.90 Å². The first-order valence-electron chi connectivity index (χ1n) is 7.01. The largest absolute Gasteiger partial charge is 0.491 e. The van der Waals surface area contributed by atoms with E-state index in [4.69, 9.17) is 0 Å². The van der Waals surface area contributed by atoms with Crippen molar-refractivity contribution in [3.63, 3.8) is 0 Å². The molecule has 0 bridgehead atoms. The lowest BCUT2D eigenvalue weighted by Crippen LogP contribution is -2.43. The zero-order valence-corrected chi connectivity index (χ0v) is 13.7. The first-order chi connectivity index (χ1) is 10.6. The summed E-state index contributed by atoms with van der Waals surface area (Å²) in [5, 5.41) is 0. The quantitative estimate of drug-likeness (QED) is 0.619. The molecule has 0 spiro atoms. The Labute approximate surface area is 132 Å². The van der Waals surface area contributed by atoms with E-state index in [1.165, 1.54) is 0 Å². The van der Waals surface area contributed by atoms with Gasteiger partial charge in [0.05, 0.1) is 7.11 Å². The zero-order valence-electron chi connectivity index (χ0n) is 12.9. The molecule has 0 amide bonds. The number of rotatable bonds is 3. The van der Waals surface area contributed by atoms with E-state index in [9.17, 15) is 26.0 Å². The highest BCUT2D eigenvalue weighted by Crippen LogP contribution is 2.35. The molecule has 1 aliphatic rings. The number of benzene rings is 1. The maximum absolute atomic E-state index is 14.1. The highest BCUT2D eigenvalue weighted by Gasteiger charge is 2.39. The fourth-order valence-electron chi connectivity index (χ4n) is 2.93. The molecular weight excluding hydrogens is 338 g/mol. The van der Waals surface area contributed by atoms with E-state index >= 15 is 0 Å². The number of ether oxygens (including phenoxy) is 1. The summed E-state index contributed by atoms with van der Waals surface area (Å²) in [4.78, 5) is -1.62. The van der Waals surface area contributed by atoms with Crippen LogP contribution in [0.4, 0.5) is 17.6 Å². The smallest absolute Gasteiger partial charge is 0.249 e. The van der Waals surface area contributed by atoms with Crippen molar-refractivity contribution in [3.8, 4) is 5.75 Å². The highest BCUT2D eigenvalue weighted by molar-refractivity contribution is 7.89. The van der Waals surface area contributed by atoms with Gasteiger partial charge in [0.15, 0.2) is 22.3 Å². The minimum absolute atomic E-state index is 0.0286. The molecule has 130 valence electrons. The fourth-order valence-corrected chi connectivity index (χ4v) is 4.72. The highest BCUT2D eigenvalue weighted by atomic mass is 32.2. The van der Waals surface area contributed by atoms with E-state index in [0.29, 0.717) is 0 Å². The molecule has 1 fully saturated rings. The Balaban J connectivity index is 2.61. The van der Waals surface area contributed by atoms with E-state index < -0.39 is 43.9 Å². The minimum atomic E-state index is -4.71. The van der Waals surface area contributed by atoms with Crippen molar-refractivity contribution >= 4 is 10.0 Å². The third kappa shape index (κ3) is 3.03. The molecule has 2 unspecified atom stereocenters. The van der Waals surface area contributed by atoms with E-state index in [1.807, 2.05) is 0 Å². The molecular formula is C14H17F4NO3S. The molecule has 0 N–H and O–H groups in total. The molecule has 0 saturated carbocycles. The number of sulfonamides is 1. The van der Waals surface area contributed by atoms with E-state index in [2.05, 4.69) is 4.74 Å². The Kier molecular flexibility index (Phi) is 4.91. The lowest BCUT2D eigenvalue weighted by Gasteiger charge is -2.34. The molecule has 1 aliphatic heterocycles. The standard InChI is InChI=1S/C14H17F4NO3S/c1-7-4-8(2)6-19(5-7)23(20,21)14-11(17)9(15)13(22-3)10(16)12(14)18/h7-8H,4-6H2,1-3H3. The number of hydrogen-bond donors (Lipinski definition) is 0. The third-order valence-corrected chi connectivity index (χ3v) is 5.67. The van der Waals surface area contributed by atoms with Crippen molar-refractivity contribution in [1.29, 1.82) is 0 Å². The Bertz CT molecular complexity index is 684. The summed E-state index contributed by atoms with van der Waals surface area (Å²) in [5.41, 5.74) is 0. The van der Waals surface area contributed by atoms with Gasteiger partial charge in [0.25, 0.3) is 0 Å². The topological polar surface area (TPSA) is 46.6 Å². The van der Waals surface area contributed by atoms with Crippen LogP contribution in [-0.2, 0) is 10.0 Å². The normalized spacial score (nSPS) is 23.1. The Morgan fingerprint density at radius 3 is 1.78 bits per heavy atom. The maximum Gasteiger partial charge on any atom is 0.249 e. The summed E-state index contributed by atoms with van der Waals surface area (Å²) in [7, 11) is -3.89. The van der Waals surface area contributed by atoms with Crippen LogP contribution in [-0.4, -0.2) is 32.9 Å². The van der Waals surface area contributed by atoms with Gasteiger partial charge in [-0.15, -0.1) is 0 Å². The van der Waals surface area contributed by atoms with E-state index in [1.54, 1.807) is 13.8 Å². The van der Waals surface area contributed by atoms with Crippen LogP contribution in [0, 0.1) is 35.1 Å². The molecule has 1 saturated heterocycles. The summed E-state index contributed by atoms with van der Waals surface area (Å²) in [6, 6.07) is 0. The van der Waals surface area contributed by atoms with Gasteiger partial charge < -0.3 is 4.74 Å². The van der Waals surface area contributed by atoms with Crippen molar-refractivity contribution in [1.82, 2.24) is 4.31 Å². The van der Waals surface area contributed by atoms with Gasteiger partial charge in [-0.3, -0.25) is 0 Å². The van der Waals surface area contributed by atoms with Crippen LogP contribution in [0.25, 0.3) is 0 Å². The molecule has 2 atom stereocenters. The summed E-state index contributed by atoms with van der Waals surface area (Å²) >= 11 is 0. The molecule has 23 heavy (non-hydrogen) atoms. The minimum Gasteiger partial charge on any atom is -0.491 e. The van der Waals surface area contributed by atoms with Crippen LogP contribution >= 0.6 is 0 Å². The number of piperidine rings is 1. The monoisotopic (exact) mass is 355 g/mol. The Morgan fingerprint density at radius 1 is 0.957 bits per heavy atom. The molecule has 4 nitrogen and oxygen atoms in total. The molecule has 0 aliphatic carbocycles. The first-order valence-corrected chi connectivity index (χ1v) is 8.45. The lowest BCUT2D eigenvalue weighted by atomic mass is 9.94. The Hall–Kier alpha value is -1.35. The summed E-state index contributed by atoms with van der Waals surface area (Å²) < 4.78 is 85.8. The van der Waals surface area contributed by atoms with Gasteiger partial charge in [0, 0.05) is 13.1 Å². The fraction of sp³-hybridized carbons (Fsp3) is 0.571. The van der Waals surface area contributed by atoms with Gasteiger partial charge in [-0.25, -0.2) is 17.2 Å². The van der Waals surface area contributed by atoms with Crippen LogP contribution in [0.3, 0.4) is 0 Å². The van der Waals surface area contributed by atoms with Gasteiger partial charge in [0.1, 0.15) is 0 Å². The van der Waals surface area contributed by atoms with Crippen LogP contribution in [0.2, 0.25) is 0 Å². The van der Waals surface area contributed by atoms with E-state index in [-0.39, 0.29) is 24.9 Å². The van der Waals surface area contributed by atoms with Gasteiger partial charge >= 0.3 is 0 Å². The molecule has 2 rings (SSSR count). The van der Waals surface area contributed by atoms with Crippen LogP contribution < -0.4 is 4.74 Å². The number of nitrogens with zero attached hydrogens (tertiary/aromatic N) is 1. The number of hydrogen-bond acceptors (Lipinski definition) is 3. The molecule has 0 radical (unpaired) electrons. The lowest BCUT2D eigenvalue weighted by molar-refractivity contribution is 0.220. The molecule has 9 heteroatoms. The molecule has 1 aromatic carbocycles. The molecule has 0 aromatic heterocycles. The van der Waals surface area contributed by atoms with Gasteiger partial charge in [-0.2, -0.15) is 13.1 Å². The van der Waals surface area contributed by atoms with Gasteiger partial charge in [0.2, 0.25) is 21.7 Å². The maximum atomic E-state index is 14.1. The first kappa shape index (κ1) is 18.0. The van der Waals surface area contributed by atoms with Gasteiger partial charge in [-0.05, 0) is 18.3 Å². The van der Waals surface area contributed by atoms with Crippen molar-refractivity contribution < 1.29 is 30.7 Å².